The Morgan fingerprint density at radius 3 is 2.47 bits per heavy atom. The van der Waals surface area contributed by atoms with E-state index in [-0.39, 0.29) is 16.2 Å². The first-order valence-corrected chi connectivity index (χ1v) is 13.7. The molecule has 0 aromatic carbocycles. The van der Waals surface area contributed by atoms with Crippen LogP contribution in [-0.2, 0) is 0 Å². The average molecular weight is 442 g/mol. The Morgan fingerprint density at radius 1 is 1.12 bits per heavy atom. The zero-order valence-corrected chi connectivity index (χ0v) is 22.0. The first-order valence-electron chi connectivity index (χ1n) is 13.7. The first-order chi connectivity index (χ1) is 15.0. The lowest BCUT2D eigenvalue weighted by Gasteiger charge is -2.69. The van der Waals surface area contributed by atoms with Crippen LogP contribution in [0, 0.1) is 51.2 Å². The van der Waals surface area contributed by atoms with Crippen molar-refractivity contribution in [3.63, 3.8) is 0 Å². The van der Waals surface area contributed by atoms with Gasteiger partial charge in [0.25, 0.3) is 0 Å². The zero-order chi connectivity index (χ0) is 23.5. The first kappa shape index (κ1) is 24.5. The highest BCUT2D eigenvalue weighted by Crippen LogP contribution is 2.74. The summed E-state index contributed by atoms with van der Waals surface area (Å²) in [6.07, 6.45) is 13.8. The van der Waals surface area contributed by atoms with E-state index >= 15 is 0 Å². The van der Waals surface area contributed by atoms with Gasteiger partial charge >= 0.3 is 0 Å². The summed E-state index contributed by atoms with van der Waals surface area (Å²) >= 11 is 0. The van der Waals surface area contributed by atoms with Crippen LogP contribution < -0.4 is 5.73 Å². The summed E-state index contributed by atoms with van der Waals surface area (Å²) in [5, 5.41) is 10.7. The van der Waals surface area contributed by atoms with Crippen molar-refractivity contribution in [2.45, 2.75) is 99.3 Å². The van der Waals surface area contributed by atoms with E-state index in [2.05, 4.69) is 54.2 Å². The molecule has 9 atom stereocenters. The zero-order valence-electron chi connectivity index (χ0n) is 22.0. The SMILES string of the molecule is C=C(C)[C@@H]1CC[C@]2(C)[C@H](CC=C3[C@@H]4[C@H](C)[C@@H](C)CC[C@]4(CO)CC[C@]32C)[C@@]1(C)CCCN. The summed E-state index contributed by atoms with van der Waals surface area (Å²) < 4.78 is 0. The van der Waals surface area contributed by atoms with Crippen molar-refractivity contribution in [3.05, 3.63) is 23.8 Å². The van der Waals surface area contributed by atoms with Crippen LogP contribution in [0.5, 0.6) is 0 Å². The lowest BCUT2D eigenvalue weighted by molar-refractivity contribution is -0.151. The molecule has 0 heterocycles. The fourth-order valence-corrected chi connectivity index (χ4v) is 9.92. The number of hydrogen-bond acceptors (Lipinski definition) is 2. The fraction of sp³-hybridized carbons (Fsp3) is 0.867. The molecule has 0 aromatic heterocycles. The molecular formula is C30H51NO. The predicted molar refractivity (Wildman–Crippen MR) is 136 cm³/mol. The Kier molecular flexibility index (Phi) is 6.33. The molecule has 2 heteroatoms. The number of aliphatic hydroxyl groups excluding tert-OH is 1. The van der Waals surface area contributed by atoms with Crippen LogP contribution in [0.2, 0.25) is 0 Å². The number of allylic oxidation sites excluding steroid dienone is 3. The molecule has 0 aromatic rings. The number of fused-ring (bicyclic) bond motifs is 5. The third-order valence-electron chi connectivity index (χ3n) is 12.3. The minimum absolute atomic E-state index is 0.123. The Bertz CT molecular complexity index is 771. The summed E-state index contributed by atoms with van der Waals surface area (Å²) in [5.41, 5.74) is 10.1. The molecule has 0 spiro atoms. The maximum Gasteiger partial charge on any atom is 0.0493 e. The molecule has 32 heavy (non-hydrogen) atoms. The number of nitrogens with two attached hydrogens (primary N) is 1. The Balaban J connectivity index is 1.81. The molecule has 0 bridgehead atoms. The van der Waals surface area contributed by atoms with E-state index in [1.165, 1.54) is 56.9 Å². The Hall–Kier alpha value is -0.600. The van der Waals surface area contributed by atoms with Crippen molar-refractivity contribution in [2.24, 2.45) is 57.0 Å². The summed E-state index contributed by atoms with van der Waals surface area (Å²) in [7, 11) is 0. The third kappa shape index (κ3) is 3.18. The molecule has 182 valence electrons. The van der Waals surface area contributed by atoms with Crippen molar-refractivity contribution in [2.75, 3.05) is 13.2 Å². The van der Waals surface area contributed by atoms with Crippen molar-refractivity contribution < 1.29 is 5.11 Å². The molecule has 0 unspecified atom stereocenters. The molecular weight excluding hydrogens is 390 g/mol. The van der Waals surface area contributed by atoms with Crippen LogP contribution >= 0.6 is 0 Å². The van der Waals surface area contributed by atoms with Gasteiger partial charge in [-0.25, -0.2) is 0 Å². The minimum atomic E-state index is 0.123. The highest BCUT2D eigenvalue weighted by molar-refractivity contribution is 5.34. The number of hydrogen-bond donors (Lipinski definition) is 2. The van der Waals surface area contributed by atoms with Gasteiger partial charge in [-0.1, -0.05) is 58.4 Å². The van der Waals surface area contributed by atoms with Crippen molar-refractivity contribution >= 4 is 0 Å². The van der Waals surface area contributed by atoms with Gasteiger partial charge in [0, 0.05) is 12.0 Å². The molecule has 0 aliphatic heterocycles. The van der Waals surface area contributed by atoms with Crippen LogP contribution in [0.25, 0.3) is 0 Å². The molecule has 4 rings (SSSR count). The highest BCUT2D eigenvalue weighted by atomic mass is 16.3. The fourth-order valence-electron chi connectivity index (χ4n) is 9.92. The van der Waals surface area contributed by atoms with Crippen LogP contribution in [0.3, 0.4) is 0 Å². The Morgan fingerprint density at radius 2 is 1.84 bits per heavy atom. The lowest BCUT2D eigenvalue weighted by atomic mass is 9.35. The van der Waals surface area contributed by atoms with Crippen LogP contribution in [0.4, 0.5) is 0 Å². The smallest absolute Gasteiger partial charge is 0.0493 e. The van der Waals surface area contributed by atoms with Crippen LogP contribution in [0.1, 0.15) is 99.3 Å². The van der Waals surface area contributed by atoms with Crippen molar-refractivity contribution in [1.82, 2.24) is 0 Å². The van der Waals surface area contributed by atoms with E-state index in [1.54, 1.807) is 5.57 Å². The van der Waals surface area contributed by atoms with E-state index in [1.807, 2.05) is 0 Å². The molecule has 4 aliphatic carbocycles. The van der Waals surface area contributed by atoms with Gasteiger partial charge in [0.15, 0.2) is 0 Å². The topological polar surface area (TPSA) is 46.2 Å². The standard InChI is InChI=1S/C30H51NO/c1-20(2)23-12-14-29(7)25(27(23,5)13-8-18-31)10-9-24-26-22(4)21(3)11-15-30(26,19-32)17-16-28(24,29)6/h9,21-23,25-26,32H,1,8,10-19,31H2,2-7H3/t21-,22+,23-,25+,26-,27-,28+,29+,30+/m0/s1. The third-order valence-corrected chi connectivity index (χ3v) is 12.3. The molecule has 3 saturated carbocycles. The Labute approximate surface area is 198 Å². The largest absolute Gasteiger partial charge is 0.396 e. The van der Waals surface area contributed by atoms with E-state index < -0.39 is 0 Å². The second kappa shape index (κ2) is 8.26. The van der Waals surface area contributed by atoms with Crippen molar-refractivity contribution in [3.8, 4) is 0 Å². The van der Waals surface area contributed by atoms with Gasteiger partial charge in [0.05, 0.1) is 0 Å². The van der Waals surface area contributed by atoms with E-state index in [9.17, 15) is 5.11 Å². The molecule has 3 N–H and O–H groups in total. The van der Waals surface area contributed by atoms with Gasteiger partial charge in [-0.15, -0.1) is 0 Å². The second-order valence-corrected chi connectivity index (χ2v) is 13.4. The van der Waals surface area contributed by atoms with Gasteiger partial charge in [-0.3, -0.25) is 0 Å². The van der Waals surface area contributed by atoms with Gasteiger partial charge in [-0.05, 0) is 117 Å². The molecule has 0 amide bonds. The molecule has 0 radical (unpaired) electrons. The van der Waals surface area contributed by atoms with E-state index in [0.29, 0.717) is 35.7 Å². The molecule has 2 nitrogen and oxygen atoms in total. The highest BCUT2D eigenvalue weighted by Gasteiger charge is 2.66. The van der Waals surface area contributed by atoms with E-state index in [0.717, 1.165) is 18.9 Å². The quantitative estimate of drug-likeness (QED) is 0.446. The summed E-state index contributed by atoms with van der Waals surface area (Å²) in [6, 6.07) is 0. The monoisotopic (exact) mass is 441 g/mol. The lowest BCUT2D eigenvalue weighted by Crippen LogP contribution is -2.62. The maximum atomic E-state index is 10.7. The summed E-state index contributed by atoms with van der Waals surface area (Å²) in [4.78, 5) is 0. The van der Waals surface area contributed by atoms with Crippen molar-refractivity contribution in [1.29, 1.82) is 0 Å². The normalized spacial score (nSPS) is 50.6. The van der Waals surface area contributed by atoms with Gasteiger partial charge < -0.3 is 10.8 Å². The van der Waals surface area contributed by atoms with Gasteiger partial charge in [-0.2, -0.15) is 0 Å². The molecule has 3 fully saturated rings. The van der Waals surface area contributed by atoms with E-state index in [4.69, 9.17) is 5.73 Å². The second-order valence-electron chi connectivity index (χ2n) is 13.4. The summed E-state index contributed by atoms with van der Waals surface area (Å²) in [5.74, 6) is 3.27. The summed E-state index contributed by atoms with van der Waals surface area (Å²) in [6.45, 7) is 20.7. The average Bonchev–Trinajstić information content (AvgIpc) is 2.75. The van der Waals surface area contributed by atoms with Gasteiger partial charge in [0.2, 0.25) is 0 Å². The predicted octanol–water partition coefficient (Wildman–Crippen LogP) is 7.13. The molecule has 4 aliphatic rings. The molecule has 0 saturated heterocycles. The maximum absolute atomic E-state index is 10.7. The van der Waals surface area contributed by atoms with Crippen LogP contribution in [-0.4, -0.2) is 18.3 Å². The van der Waals surface area contributed by atoms with Gasteiger partial charge in [0.1, 0.15) is 0 Å². The number of rotatable bonds is 5. The number of aliphatic hydroxyl groups is 1. The minimum Gasteiger partial charge on any atom is -0.396 e. The van der Waals surface area contributed by atoms with Crippen LogP contribution in [0.15, 0.2) is 23.8 Å².